The Bertz CT molecular complexity index is 246. The van der Waals surface area contributed by atoms with Crippen molar-refractivity contribution in [2.45, 2.75) is 12.5 Å². The number of carbonyl (C=O) groups is 2. The van der Waals surface area contributed by atoms with Crippen molar-refractivity contribution < 1.29 is 19.8 Å². The van der Waals surface area contributed by atoms with E-state index >= 15 is 0 Å². The van der Waals surface area contributed by atoms with Crippen LogP contribution in [0.5, 0.6) is 0 Å². The first-order valence-electron chi connectivity index (χ1n) is 4.65. The molecular weight excluding hydrogens is 250 g/mol. The lowest BCUT2D eigenvalue weighted by Crippen LogP contribution is -2.43. The Morgan fingerprint density at radius 1 is 1.38 bits per heavy atom. The molecule has 0 aliphatic carbocycles. The molecule has 0 rings (SSSR count). The summed E-state index contributed by atoms with van der Waals surface area (Å²) in [4.78, 5) is 21.4. The van der Waals surface area contributed by atoms with Crippen molar-refractivity contribution in [2.24, 2.45) is 0 Å². The van der Waals surface area contributed by atoms with Gasteiger partial charge in [0.1, 0.15) is 0 Å². The minimum atomic E-state index is -0.938. The molecule has 0 aromatic carbocycles. The lowest BCUT2D eigenvalue weighted by Gasteiger charge is -2.22. The summed E-state index contributed by atoms with van der Waals surface area (Å²) in [5.41, 5.74) is -0.924. The van der Waals surface area contributed by atoms with Crippen LogP contribution in [0.3, 0.4) is 0 Å². The molecule has 0 aromatic heterocycles. The summed E-state index contributed by atoms with van der Waals surface area (Å²) in [6.45, 7) is 1.83. The van der Waals surface area contributed by atoms with Gasteiger partial charge in [0, 0.05) is 12.3 Å². The number of amides is 1. The summed E-state index contributed by atoms with van der Waals surface area (Å²) in [6.07, 6.45) is 1.87. The van der Waals surface area contributed by atoms with Gasteiger partial charge in [-0.1, -0.05) is 0 Å². The van der Waals surface area contributed by atoms with Crippen molar-refractivity contribution >= 4 is 35.4 Å². The molecule has 1 amide bonds. The maximum absolute atomic E-state index is 11.2. The number of carboxylic acids is 1. The molecule has 94 valence electrons. The average molecular weight is 267 g/mol. The van der Waals surface area contributed by atoms with Crippen LogP contribution in [0.4, 0.5) is 0 Å². The summed E-state index contributed by atoms with van der Waals surface area (Å²) in [7, 11) is 0. The molecule has 0 fully saturated rings. The van der Waals surface area contributed by atoms with Crippen LogP contribution in [-0.2, 0) is 9.59 Å². The summed E-state index contributed by atoms with van der Waals surface area (Å²) < 4.78 is 0. The second-order valence-corrected chi connectivity index (χ2v) is 5.44. The van der Waals surface area contributed by atoms with Crippen LogP contribution >= 0.6 is 23.5 Å². The predicted octanol–water partition coefficient (Wildman–Crippen LogP) is 0.0344. The molecule has 7 heteroatoms. The zero-order valence-electron chi connectivity index (χ0n) is 9.36. The lowest BCUT2D eigenvalue weighted by molar-refractivity contribution is -0.133. The Hall–Kier alpha value is -0.400. The Labute approximate surface area is 103 Å². The van der Waals surface area contributed by atoms with Crippen LogP contribution in [-0.4, -0.2) is 57.7 Å². The van der Waals surface area contributed by atoms with Crippen molar-refractivity contribution in [1.82, 2.24) is 5.32 Å². The lowest BCUT2D eigenvalue weighted by atomic mass is 10.1. The largest absolute Gasteiger partial charge is 0.481 e. The van der Waals surface area contributed by atoms with Gasteiger partial charge in [-0.05, 0) is 13.2 Å². The molecule has 0 saturated carbocycles. The van der Waals surface area contributed by atoms with E-state index in [9.17, 15) is 14.7 Å². The quantitative estimate of drug-likeness (QED) is 0.575. The third kappa shape index (κ3) is 8.87. The summed E-state index contributed by atoms with van der Waals surface area (Å²) in [5, 5.41) is 20.7. The Kier molecular flexibility index (Phi) is 7.61. The number of nitrogens with one attached hydrogen (secondary N) is 1. The van der Waals surface area contributed by atoms with Crippen molar-refractivity contribution in [3.05, 3.63) is 0 Å². The van der Waals surface area contributed by atoms with Gasteiger partial charge in [-0.15, -0.1) is 11.8 Å². The van der Waals surface area contributed by atoms with E-state index in [0.717, 1.165) is 11.8 Å². The van der Waals surface area contributed by atoms with Gasteiger partial charge in [-0.3, -0.25) is 9.59 Å². The van der Waals surface area contributed by atoms with Gasteiger partial charge in [0.05, 0.1) is 17.1 Å². The standard InChI is InChI=1S/C9H17NO4S2/c1-9(14,6-15-2)5-10-7(11)3-16-4-8(12)13/h14H,3-6H2,1-2H3,(H,10,11)(H,12,13). The van der Waals surface area contributed by atoms with E-state index in [4.69, 9.17) is 5.11 Å². The fraction of sp³-hybridized carbons (Fsp3) is 0.778. The Morgan fingerprint density at radius 2 is 2.00 bits per heavy atom. The highest BCUT2D eigenvalue weighted by Crippen LogP contribution is 2.09. The van der Waals surface area contributed by atoms with Gasteiger partial charge in [-0.2, -0.15) is 11.8 Å². The van der Waals surface area contributed by atoms with Crippen LogP contribution in [0, 0.1) is 0 Å². The number of carbonyl (C=O) groups excluding carboxylic acids is 1. The minimum Gasteiger partial charge on any atom is -0.481 e. The molecule has 0 spiro atoms. The van der Waals surface area contributed by atoms with Crippen LogP contribution in [0.15, 0.2) is 0 Å². The number of hydrogen-bond donors (Lipinski definition) is 3. The van der Waals surface area contributed by atoms with E-state index in [2.05, 4.69) is 5.32 Å². The highest BCUT2D eigenvalue weighted by atomic mass is 32.2. The third-order valence-corrected chi connectivity index (χ3v) is 3.41. The fourth-order valence-corrected chi connectivity index (χ4v) is 2.22. The van der Waals surface area contributed by atoms with Gasteiger partial charge in [-0.25, -0.2) is 0 Å². The van der Waals surface area contributed by atoms with E-state index in [0.29, 0.717) is 5.75 Å². The summed E-state index contributed by atoms with van der Waals surface area (Å²) in [6, 6.07) is 0. The van der Waals surface area contributed by atoms with Crippen molar-refractivity contribution in [3.63, 3.8) is 0 Å². The van der Waals surface area contributed by atoms with E-state index in [1.165, 1.54) is 11.8 Å². The molecule has 0 saturated heterocycles. The first-order chi connectivity index (χ1) is 7.37. The summed E-state index contributed by atoms with van der Waals surface area (Å²) in [5.74, 6) is -0.647. The minimum absolute atomic E-state index is 0.0887. The second kappa shape index (κ2) is 7.81. The topological polar surface area (TPSA) is 86.6 Å². The van der Waals surface area contributed by atoms with Crippen molar-refractivity contribution in [1.29, 1.82) is 0 Å². The number of hydrogen-bond acceptors (Lipinski definition) is 5. The summed E-state index contributed by atoms with van der Waals surface area (Å²) >= 11 is 2.53. The zero-order valence-corrected chi connectivity index (χ0v) is 11.0. The molecule has 0 radical (unpaired) electrons. The first-order valence-corrected chi connectivity index (χ1v) is 7.20. The second-order valence-electron chi connectivity index (χ2n) is 3.59. The van der Waals surface area contributed by atoms with Gasteiger partial charge < -0.3 is 15.5 Å². The highest BCUT2D eigenvalue weighted by Gasteiger charge is 2.20. The maximum atomic E-state index is 11.2. The van der Waals surface area contributed by atoms with Gasteiger partial charge in [0.25, 0.3) is 0 Å². The molecule has 0 aromatic rings. The highest BCUT2D eigenvalue weighted by molar-refractivity contribution is 8.00. The molecule has 16 heavy (non-hydrogen) atoms. The Morgan fingerprint density at radius 3 is 2.50 bits per heavy atom. The van der Waals surface area contributed by atoms with Crippen LogP contribution in [0.25, 0.3) is 0 Å². The number of thioether (sulfide) groups is 2. The van der Waals surface area contributed by atoms with Crippen molar-refractivity contribution in [2.75, 3.05) is 30.1 Å². The SMILES string of the molecule is CSCC(C)(O)CNC(=O)CSCC(=O)O. The molecule has 1 atom stereocenters. The van der Waals surface area contributed by atoms with E-state index in [1.54, 1.807) is 6.92 Å². The monoisotopic (exact) mass is 267 g/mol. The molecule has 0 bridgehead atoms. The van der Waals surface area contributed by atoms with Gasteiger partial charge in [0.15, 0.2) is 0 Å². The van der Waals surface area contributed by atoms with Crippen LogP contribution in [0.2, 0.25) is 0 Å². The number of carboxylic acid groups (broad SMARTS) is 1. The smallest absolute Gasteiger partial charge is 0.313 e. The molecule has 0 heterocycles. The molecule has 0 aliphatic rings. The normalized spacial score (nSPS) is 14.2. The van der Waals surface area contributed by atoms with E-state index in [1.807, 2.05) is 6.26 Å². The van der Waals surface area contributed by atoms with Crippen LogP contribution < -0.4 is 5.32 Å². The fourth-order valence-electron chi connectivity index (χ4n) is 0.933. The Balaban J connectivity index is 3.68. The average Bonchev–Trinajstić information content (AvgIpc) is 2.14. The van der Waals surface area contributed by atoms with Crippen LogP contribution in [0.1, 0.15) is 6.92 Å². The number of rotatable bonds is 8. The maximum Gasteiger partial charge on any atom is 0.313 e. The van der Waals surface area contributed by atoms with Crippen molar-refractivity contribution in [3.8, 4) is 0 Å². The third-order valence-electron chi connectivity index (χ3n) is 1.58. The predicted molar refractivity (Wildman–Crippen MR) is 67.0 cm³/mol. The van der Waals surface area contributed by atoms with E-state index < -0.39 is 11.6 Å². The molecular formula is C9H17NO4S2. The molecule has 0 aliphatic heterocycles. The number of aliphatic hydroxyl groups is 1. The van der Waals surface area contributed by atoms with E-state index in [-0.39, 0.29) is 24.0 Å². The van der Waals surface area contributed by atoms with Gasteiger partial charge in [0.2, 0.25) is 5.91 Å². The zero-order chi connectivity index (χ0) is 12.6. The van der Waals surface area contributed by atoms with Gasteiger partial charge >= 0.3 is 5.97 Å². The first kappa shape index (κ1) is 15.6. The number of aliphatic carboxylic acids is 1. The molecule has 5 nitrogen and oxygen atoms in total. The molecule has 3 N–H and O–H groups in total. The molecule has 1 unspecified atom stereocenters.